The van der Waals surface area contributed by atoms with Crippen LogP contribution in [0.15, 0.2) is 35.8 Å². The second-order valence-corrected chi connectivity index (χ2v) is 5.32. The number of hydrogen-bond acceptors (Lipinski definition) is 4. The zero-order valence-electron chi connectivity index (χ0n) is 13.3. The summed E-state index contributed by atoms with van der Waals surface area (Å²) >= 11 is 0. The Balaban J connectivity index is 2.10. The Labute approximate surface area is 130 Å². The number of rotatable bonds is 8. The Morgan fingerprint density at radius 1 is 1.27 bits per heavy atom. The minimum absolute atomic E-state index is 0.189. The van der Waals surface area contributed by atoms with Crippen LogP contribution in [0.4, 0.5) is 0 Å². The van der Waals surface area contributed by atoms with Gasteiger partial charge in [-0.15, -0.1) is 0 Å². The monoisotopic (exact) mass is 304 g/mol. The number of imidazole rings is 1. The predicted octanol–water partition coefficient (Wildman–Crippen LogP) is 1.68. The Kier molecular flexibility index (Phi) is 5.77. The minimum atomic E-state index is -0.312. The van der Waals surface area contributed by atoms with Gasteiger partial charge in [-0.05, 0) is 19.5 Å². The molecule has 120 valence electrons. The Morgan fingerprint density at radius 2 is 2.05 bits per heavy atom. The molecule has 0 saturated heterocycles. The summed E-state index contributed by atoms with van der Waals surface area (Å²) in [7, 11) is 0. The Bertz CT molecular complexity index is 630. The minimum Gasteiger partial charge on any atom is -0.503 e. The van der Waals surface area contributed by atoms with E-state index in [0.29, 0.717) is 6.54 Å². The van der Waals surface area contributed by atoms with Crippen LogP contribution >= 0.6 is 0 Å². The third-order valence-electron chi connectivity index (χ3n) is 3.85. The van der Waals surface area contributed by atoms with Gasteiger partial charge in [0, 0.05) is 43.8 Å². The molecule has 6 nitrogen and oxygen atoms in total. The molecular weight excluding hydrogens is 280 g/mol. The molecule has 0 bridgehead atoms. The average Bonchev–Trinajstić information content (AvgIpc) is 3.02. The van der Waals surface area contributed by atoms with E-state index in [0.717, 1.165) is 38.3 Å². The topological polar surface area (TPSA) is 63.3 Å². The van der Waals surface area contributed by atoms with Crippen molar-refractivity contribution in [3.8, 4) is 5.75 Å². The fourth-order valence-electron chi connectivity index (χ4n) is 2.47. The molecule has 0 amide bonds. The first kappa shape index (κ1) is 16.3. The van der Waals surface area contributed by atoms with Gasteiger partial charge in [-0.25, -0.2) is 4.98 Å². The first-order valence-electron chi connectivity index (χ1n) is 7.74. The molecular formula is C16H24N4O2. The second kappa shape index (κ2) is 7.79. The number of hydrogen-bond donors (Lipinski definition) is 1. The third-order valence-corrected chi connectivity index (χ3v) is 3.85. The van der Waals surface area contributed by atoms with Crippen LogP contribution in [0.3, 0.4) is 0 Å². The summed E-state index contributed by atoms with van der Waals surface area (Å²) in [6.45, 7) is 8.39. The van der Waals surface area contributed by atoms with Crippen LogP contribution < -0.4 is 5.43 Å². The molecule has 0 aromatic carbocycles. The lowest BCUT2D eigenvalue weighted by Crippen LogP contribution is -2.26. The van der Waals surface area contributed by atoms with Crippen molar-refractivity contribution in [3.05, 3.63) is 46.9 Å². The van der Waals surface area contributed by atoms with Gasteiger partial charge in [-0.1, -0.05) is 13.8 Å². The zero-order valence-corrected chi connectivity index (χ0v) is 13.3. The molecule has 0 aliphatic carbocycles. The predicted molar refractivity (Wildman–Crippen MR) is 85.8 cm³/mol. The number of aryl methyl sites for hydroxylation is 2. The lowest BCUT2D eigenvalue weighted by Gasteiger charge is -2.21. The quantitative estimate of drug-likeness (QED) is 0.806. The van der Waals surface area contributed by atoms with Crippen molar-refractivity contribution in [2.24, 2.45) is 0 Å². The van der Waals surface area contributed by atoms with Crippen molar-refractivity contribution >= 4 is 0 Å². The lowest BCUT2D eigenvalue weighted by atomic mass is 10.2. The highest BCUT2D eigenvalue weighted by Crippen LogP contribution is 2.10. The highest BCUT2D eigenvalue weighted by Gasteiger charge is 2.09. The zero-order chi connectivity index (χ0) is 15.9. The van der Waals surface area contributed by atoms with E-state index < -0.39 is 0 Å². The first-order valence-corrected chi connectivity index (χ1v) is 7.74. The van der Waals surface area contributed by atoms with Crippen LogP contribution in [0.2, 0.25) is 0 Å². The average molecular weight is 304 g/mol. The molecule has 0 atom stereocenters. The molecule has 0 saturated carbocycles. The Hall–Kier alpha value is -2.08. The van der Waals surface area contributed by atoms with E-state index in [4.69, 9.17) is 0 Å². The molecule has 2 heterocycles. The van der Waals surface area contributed by atoms with Crippen LogP contribution in [-0.2, 0) is 19.6 Å². The van der Waals surface area contributed by atoms with E-state index >= 15 is 0 Å². The molecule has 0 fully saturated rings. The van der Waals surface area contributed by atoms with E-state index in [1.807, 2.05) is 15.3 Å². The normalized spacial score (nSPS) is 11.2. The van der Waals surface area contributed by atoms with E-state index in [2.05, 4.69) is 23.7 Å². The molecule has 1 N–H and O–H groups in total. The fourth-order valence-corrected chi connectivity index (χ4v) is 2.47. The van der Waals surface area contributed by atoms with Crippen molar-refractivity contribution in [1.82, 2.24) is 19.0 Å². The van der Waals surface area contributed by atoms with Crippen LogP contribution in [0.5, 0.6) is 5.75 Å². The second-order valence-electron chi connectivity index (χ2n) is 5.32. The molecule has 2 aromatic rings. The summed E-state index contributed by atoms with van der Waals surface area (Å²) in [5, 5.41) is 9.69. The fraction of sp³-hybridized carbons (Fsp3) is 0.500. The van der Waals surface area contributed by atoms with Crippen LogP contribution in [0, 0.1) is 0 Å². The van der Waals surface area contributed by atoms with Crippen molar-refractivity contribution in [3.63, 3.8) is 0 Å². The SMILES string of the molecule is CCN(CC)Cc1cc(=O)c(O)cn1CCCn1ccnc1. The van der Waals surface area contributed by atoms with Gasteiger partial charge in [0.2, 0.25) is 5.43 Å². The summed E-state index contributed by atoms with van der Waals surface area (Å²) in [4.78, 5) is 18.0. The molecule has 0 radical (unpaired) electrons. The van der Waals surface area contributed by atoms with Gasteiger partial charge in [0.05, 0.1) is 12.5 Å². The van der Waals surface area contributed by atoms with E-state index in [1.165, 1.54) is 0 Å². The maximum absolute atomic E-state index is 11.7. The maximum Gasteiger partial charge on any atom is 0.223 e. The van der Waals surface area contributed by atoms with Gasteiger partial charge in [-0.2, -0.15) is 0 Å². The van der Waals surface area contributed by atoms with Crippen LogP contribution in [-0.4, -0.2) is 37.2 Å². The van der Waals surface area contributed by atoms with Crippen molar-refractivity contribution in [2.75, 3.05) is 13.1 Å². The van der Waals surface area contributed by atoms with Gasteiger partial charge in [0.1, 0.15) is 0 Å². The first-order chi connectivity index (χ1) is 10.6. The summed E-state index contributed by atoms with van der Waals surface area (Å²) in [6, 6.07) is 1.55. The number of aromatic hydroxyl groups is 1. The summed E-state index contributed by atoms with van der Waals surface area (Å²) < 4.78 is 4.00. The van der Waals surface area contributed by atoms with Crippen molar-refractivity contribution in [2.45, 2.75) is 39.9 Å². The smallest absolute Gasteiger partial charge is 0.223 e. The number of aromatic nitrogens is 3. The molecule has 2 rings (SSSR count). The molecule has 0 spiro atoms. The lowest BCUT2D eigenvalue weighted by molar-refractivity contribution is 0.285. The molecule has 0 aliphatic heterocycles. The molecule has 0 unspecified atom stereocenters. The van der Waals surface area contributed by atoms with Gasteiger partial charge >= 0.3 is 0 Å². The Morgan fingerprint density at radius 3 is 2.68 bits per heavy atom. The van der Waals surface area contributed by atoms with E-state index in [-0.39, 0.29) is 11.2 Å². The van der Waals surface area contributed by atoms with Gasteiger partial charge < -0.3 is 14.2 Å². The van der Waals surface area contributed by atoms with Crippen molar-refractivity contribution in [1.29, 1.82) is 0 Å². The van der Waals surface area contributed by atoms with E-state index in [9.17, 15) is 9.90 Å². The largest absolute Gasteiger partial charge is 0.503 e. The van der Waals surface area contributed by atoms with Crippen LogP contribution in [0.25, 0.3) is 0 Å². The molecule has 2 aromatic heterocycles. The highest BCUT2D eigenvalue weighted by atomic mass is 16.3. The van der Waals surface area contributed by atoms with Crippen molar-refractivity contribution < 1.29 is 5.11 Å². The maximum atomic E-state index is 11.7. The van der Waals surface area contributed by atoms with Gasteiger partial charge in [0.25, 0.3) is 0 Å². The summed E-state index contributed by atoms with van der Waals surface area (Å²) in [5.74, 6) is -0.189. The number of pyridine rings is 1. The molecule has 6 heteroatoms. The van der Waals surface area contributed by atoms with Gasteiger partial charge in [0.15, 0.2) is 5.75 Å². The third kappa shape index (κ3) is 4.21. The standard InChI is InChI=1S/C16H24N4O2/c1-3-18(4-2)11-14-10-15(21)16(22)12-20(14)8-5-7-19-9-6-17-13-19/h6,9-10,12-13,22H,3-5,7-8,11H2,1-2H3. The molecule has 22 heavy (non-hydrogen) atoms. The summed E-state index contributed by atoms with van der Waals surface area (Å²) in [5.41, 5.74) is 0.630. The highest BCUT2D eigenvalue weighted by molar-refractivity contribution is 5.20. The van der Waals surface area contributed by atoms with E-state index in [1.54, 1.807) is 24.8 Å². The molecule has 0 aliphatic rings. The summed E-state index contributed by atoms with van der Waals surface area (Å²) in [6.07, 6.45) is 7.94. The van der Waals surface area contributed by atoms with Gasteiger partial charge in [-0.3, -0.25) is 9.69 Å². The van der Waals surface area contributed by atoms with Crippen LogP contribution in [0.1, 0.15) is 26.0 Å². The number of nitrogens with zero attached hydrogens (tertiary/aromatic N) is 4.